The average Bonchev–Trinajstić information content (AvgIpc) is 3.29. The quantitative estimate of drug-likeness (QED) is 0.329. The van der Waals surface area contributed by atoms with E-state index < -0.39 is 24.4 Å². The fourth-order valence-corrected chi connectivity index (χ4v) is 3.18. The number of aromatic nitrogens is 2. The van der Waals surface area contributed by atoms with E-state index in [1.165, 1.54) is 0 Å². The van der Waals surface area contributed by atoms with Crippen molar-refractivity contribution in [3.63, 3.8) is 0 Å². The Morgan fingerprint density at radius 1 is 0.882 bits per heavy atom. The first-order valence-electron chi connectivity index (χ1n) is 10.6. The highest BCUT2D eigenvalue weighted by Crippen LogP contribution is 2.29. The topological polar surface area (TPSA) is 122 Å². The molecule has 34 heavy (non-hydrogen) atoms. The third-order valence-corrected chi connectivity index (χ3v) is 4.80. The van der Waals surface area contributed by atoms with Crippen LogP contribution < -0.4 is 15.4 Å². The number of fused-ring (bicyclic) bond motifs is 1. The zero-order valence-corrected chi connectivity index (χ0v) is 18.1. The molecule has 9 heteroatoms. The van der Waals surface area contributed by atoms with Crippen LogP contribution in [-0.2, 0) is 14.3 Å². The Bertz CT molecular complexity index is 1300. The Kier molecular flexibility index (Phi) is 7.14. The minimum atomic E-state index is -0.615. The number of hydrogen-bond donors (Lipinski definition) is 3. The number of para-hydroxylation sites is 4. The number of benzene rings is 3. The molecule has 0 spiro atoms. The first-order chi connectivity index (χ1) is 16.6. The minimum Gasteiger partial charge on any atom is -0.456 e. The molecule has 0 saturated heterocycles. The number of amides is 2. The average molecular weight is 458 g/mol. The summed E-state index contributed by atoms with van der Waals surface area (Å²) in [5.74, 6) is -0.443. The van der Waals surface area contributed by atoms with Crippen LogP contribution in [0.1, 0.15) is 16.9 Å². The van der Waals surface area contributed by atoms with E-state index in [-0.39, 0.29) is 18.7 Å². The second-order valence-corrected chi connectivity index (χ2v) is 7.24. The molecule has 4 rings (SSSR count). The second-order valence-electron chi connectivity index (χ2n) is 7.24. The number of aromatic amines is 1. The molecule has 0 fully saturated rings. The van der Waals surface area contributed by atoms with E-state index in [2.05, 4.69) is 20.8 Å². The molecule has 3 N–H and O–H groups in total. The lowest BCUT2D eigenvalue weighted by Gasteiger charge is -2.12. The highest BCUT2D eigenvalue weighted by molar-refractivity contribution is 6.04. The van der Waals surface area contributed by atoms with Crippen LogP contribution in [-0.4, -0.2) is 41.1 Å². The molecule has 0 unspecified atom stereocenters. The number of H-pyrrole nitrogens is 1. The normalized spacial score (nSPS) is 10.5. The monoisotopic (exact) mass is 458 g/mol. The number of nitrogens with one attached hydrogen (secondary N) is 3. The highest BCUT2D eigenvalue weighted by Gasteiger charge is 2.15. The zero-order valence-electron chi connectivity index (χ0n) is 18.1. The molecule has 172 valence electrons. The molecule has 4 aromatic rings. The van der Waals surface area contributed by atoms with Crippen molar-refractivity contribution >= 4 is 34.4 Å². The van der Waals surface area contributed by atoms with Gasteiger partial charge in [0.15, 0.2) is 18.1 Å². The number of rotatable bonds is 9. The van der Waals surface area contributed by atoms with Gasteiger partial charge in [-0.25, -0.2) is 0 Å². The summed E-state index contributed by atoms with van der Waals surface area (Å²) in [5, 5.41) is 12.8. The van der Waals surface area contributed by atoms with E-state index in [9.17, 15) is 14.4 Å². The number of carbonyl (C=O) groups excluding carboxylic acids is 3. The molecule has 0 aliphatic carbocycles. The van der Waals surface area contributed by atoms with Gasteiger partial charge in [0.2, 0.25) is 0 Å². The predicted molar refractivity (Wildman–Crippen MR) is 126 cm³/mol. The summed E-state index contributed by atoms with van der Waals surface area (Å²) >= 11 is 0. The Balaban J connectivity index is 1.22. The van der Waals surface area contributed by atoms with Crippen molar-refractivity contribution in [1.82, 2.24) is 15.5 Å². The molecular weight excluding hydrogens is 436 g/mol. The van der Waals surface area contributed by atoms with Gasteiger partial charge in [-0.05, 0) is 30.3 Å². The Morgan fingerprint density at radius 2 is 1.62 bits per heavy atom. The molecule has 0 atom stereocenters. The summed E-state index contributed by atoms with van der Waals surface area (Å²) in [5.41, 5.74) is 1.44. The molecular formula is C25H22N4O5. The van der Waals surface area contributed by atoms with Crippen molar-refractivity contribution in [3.05, 3.63) is 84.6 Å². The van der Waals surface area contributed by atoms with Gasteiger partial charge in [0.1, 0.15) is 5.75 Å². The molecule has 1 heterocycles. The minimum absolute atomic E-state index is 0.0498. The van der Waals surface area contributed by atoms with E-state index in [0.29, 0.717) is 22.6 Å². The van der Waals surface area contributed by atoms with E-state index >= 15 is 0 Å². The van der Waals surface area contributed by atoms with Crippen LogP contribution in [0.15, 0.2) is 78.9 Å². The maximum atomic E-state index is 12.3. The van der Waals surface area contributed by atoms with Crippen LogP contribution in [0.25, 0.3) is 10.9 Å². The van der Waals surface area contributed by atoms with Crippen molar-refractivity contribution in [2.75, 3.05) is 18.5 Å². The van der Waals surface area contributed by atoms with Crippen LogP contribution in [0, 0.1) is 0 Å². The number of ether oxygens (including phenoxy) is 2. The fraction of sp³-hybridized carbons (Fsp3) is 0.120. The lowest BCUT2D eigenvalue weighted by molar-refractivity contribution is -0.147. The van der Waals surface area contributed by atoms with E-state index in [4.69, 9.17) is 9.47 Å². The van der Waals surface area contributed by atoms with Gasteiger partial charge in [0.05, 0.1) is 17.6 Å². The van der Waals surface area contributed by atoms with Gasteiger partial charge in [0, 0.05) is 11.9 Å². The Labute approximate surface area is 195 Å². The Hall–Kier alpha value is -4.66. The van der Waals surface area contributed by atoms with Crippen LogP contribution in [0.2, 0.25) is 0 Å². The number of esters is 1. The van der Waals surface area contributed by atoms with Crippen LogP contribution in [0.5, 0.6) is 11.5 Å². The van der Waals surface area contributed by atoms with Gasteiger partial charge in [-0.2, -0.15) is 5.10 Å². The first-order valence-corrected chi connectivity index (χ1v) is 10.6. The molecule has 2 amide bonds. The van der Waals surface area contributed by atoms with Gasteiger partial charge >= 0.3 is 5.97 Å². The van der Waals surface area contributed by atoms with Crippen molar-refractivity contribution in [2.24, 2.45) is 0 Å². The van der Waals surface area contributed by atoms with Gasteiger partial charge < -0.3 is 20.1 Å². The zero-order chi connectivity index (χ0) is 23.8. The summed E-state index contributed by atoms with van der Waals surface area (Å²) in [6, 6.07) is 23.3. The van der Waals surface area contributed by atoms with Crippen LogP contribution in [0.3, 0.4) is 0 Å². The molecule has 1 aromatic heterocycles. The van der Waals surface area contributed by atoms with Crippen LogP contribution >= 0.6 is 0 Å². The third kappa shape index (κ3) is 5.77. The van der Waals surface area contributed by atoms with Gasteiger partial charge in [-0.1, -0.05) is 48.5 Å². The molecule has 3 aromatic carbocycles. The maximum Gasteiger partial charge on any atom is 0.308 e. The lowest BCUT2D eigenvalue weighted by atomic mass is 10.2. The number of nitrogens with zero attached hydrogens (tertiary/aromatic N) is 1. The van der Waals surface area contributed by atoms with Gasteiger partial charge in [-0.3, -0.25) is 19.5 Å². The summed E-state index contributed by atoms with van der Waals surface area (Å²) in [4.78, 5) is 36.6. The van der Waals surface area contributed by atoms with Crippen molar-refractivity contribution in [1.29, 1.82) is 0 Å². The summed E-state index contributed by atoms with van der Waals surface area (Å²) in [6.07, 6.45) is -0.0882. The molecule has 0 saturated carbocycles. The van der Waals surface area contributed by atoms with E-state index in [1.807, 2.05) is 36.4 Å². The molecule has 0 aliphatic rings. The van der Waals surface area contributed by atoms with Gasteiger partial charge in [-0.15, -0.1) is 0 Å². The molecule has 0 aliphatic heterocycles. The summed E-state index contributed by atoms with van der Waals surface area (Å²) in [6.45, 7) is -0.412. The SMILES string of the molecule is O=C(COC(=O)CCNC(=O)c1n[nH]c2ccccc12)Nc1ccccc1Oc1ccccc1. The smallest absolute Gasteiger partial charge is 0.308 e. The van der Waals surface area contributed by atoms with Crippen LogP contribution in [0.4, 0.5) is 5.69 Å². The standard InChI is InChI=1S/C25H22N4O5/c30-22(27-20-12-6-7-13-21(20)34-17-8-2-1-3-9-17)16-33-23(31)14-15-26-25(32)24-18-10-4-5-11-19(18)28-29-24/h1-13H,14-16H2,(H,26,32)(H,27,30)(H,28,29). The number of hydrogen-bond acceptors (Lipinski definition) is 6. The molecule has 0 radical (unpaired) electrons. The molecule has 9 nitrogen and oxygen atoms in total. The number of carbonyl (C=O) groups is 3. The fourth-order valence-electron chi connectivity index (χ4n) is 3.18. The second kappa shape index (κ2) is 10.8. The van der Waals surface area contributed by atoms with Crippen molar-refractivity contribution in [3.8, 4) is 11.5 Å². The lowest BCUT2D eigenvalue weighted by Crippen LogP contribution is -2.28. The maximum absolute atomic E-state index is 12.3. The molecule has 0 bridgehead atoms. The summed E-state index contributed by atoms with van der Waals surface area (Å²) in [7, 11) is 0. The number of anilines is 1. The highest BCUT2D eigenvalue weighted by atomic mass is 16.5. The van der Waals surface area contributed by atoms with Crippen molar-refractivity contribution in [2.45, 2.75) is 6.42 Å². The third-order valence-electron chi connectivity index (χ3n) is 4.80. The van der Waals surface area contributed by atoms with E-state index in [1.54, 1.807) is 42.5 Å². The largest absolute Gasteiger partial charge is 0.456 e. The summed E-state index contributed by atoms with van der Waals surface area (Å²) < 4.78 is 10.8. The Morgan fingerprint density at radius 3 is 2.47 bits per heavy atom. The van der Waals surface area contributed by atoms with Crippen molar-refractivity contribution < 1.29 is 23.9 Å². The van der Waals surface area contributed by atoms with E-state index in [0.717, 1.165) is 5.52 Å². The predicted octanol–water partition coefficient (Wildman–Crippen LogP) is 3.66. The van der Waals surface area contributed by atoms with Gasteiger partial charge in [0.25, 0.3) is 11.8 Å². The first kappa shape index (κ1) is 22.5.